The molecule has 0 saturated heterocycles. The number of fused-ring (bicyclic) bond motifs is 1. The lowest BCUT2D eigenvalue weighted by atomic mass is 10.1. The maximum Gasteiger partial charge on any atom is 0.338 e. The van der Waals surface area contributed by atoms with Crippen LogP contribution in [0.4, 0.5) is 11.4 Å². The Kier molecular flexibility index (Phi) is 5.58. The maximum atomic E-state index is 12.4. The number of nitro benzene ring substituents is 1. The first-order valence-electron chi connectivity index (χ1n) is 8.85. The van der Waals surface area contributed by atoms with Gasteiger partial charge in [-0.1, -0.05) is 6.07 Å². The lowest BCUT2D eigenvalue weighted by molar-refractivity contribution is -0.384. The number of ether oxygens (including phenoxy) is 2. The van der Waals surface area contributed by atoms with Gasteiger partial charge in [0, 0.05) is 12.1 Å². The van der Waals surface area contributed by atoms with Gasteiger partial charge in [0.1, 0.15) is 5.75 Å². The Bertz CT molecular complexity index is 940. The molecule has 1 atom stereocenters. The third-order valence-electron chi connectivity index (χ3n) is 4.64. The van der Waals surface area contributed by atoms with Crippen LogP contribution in [0.1, 0.15) is 34.8 Å². The van der Waals surface area contributed by atoms with E-state index in [4.69, 9.17) is 9.47 Å². The first-order chi connectivity index (χ1) is 13.4. The minimum Gasteiger partial charge on any atom is -0.495 e. The lowest BCUT2D eigenvalue weighted by Gasteiger charge is -2.15. The van der Waals surface area contributed by atoms with Gasteiger partial charge in [-0.25, -0.2) is 4.79 Å². The molecule has 0 unspecified atom stereocenters. The molecule has 3 rings (SSSR count). The number of anilines is 1. The number of aryl methyl sites for hydroxylation is 2. The number of methoxy groups -OCH3 is 1. The smallest absolute Gasteiger partial charge is 0.338 e. The van der Waals surface area contributed by atoms with Crippen LogP contribution in [0.15, 0.2) is 36.4 Å². The lowest BCUT2D eigenvalue weighted by Crippen LogP contribution is -2.30. The number of hydrogen-bond donors (Lipinski definition) is 1. The minimum atomic E-state index is -1.09. The molecule has 2 aromatic carbocycles. The third kappa shape index (κ3) is 4.11. The summed E-state index contributed by atoms with van der Waals surface area (Å²) in [5.41, 5.74) is 2.70. The molecular weight excluding hydrogens is 364 g/mol. The molecule has 0 spiro atoms. The van der Waals surface area contributed by atoms with Crippen molar-refractivity contribution in [3.05, 3.63) is 63.2 Å². The van der Waals surface area contributed by atoms with Gasteiger partial charge < -0.3 is 14.8 Å². The molecule has 2 aromatic rings. The third-order valence-corrected chi connectivity index (χ3v) is 4.64. The summed E-state index contributed by atoms with van der Waals surface area (Å²) in [5.74, 6) is -0.951. The van der Waals surface area contributed by atoms with Gasteiger partial charge >= 0.3 is 5.97 Å². The normalized spacial score (nSPS) is 13.4. The Hall–Kier alpha value is -3.42. The van der Waals surface area contributed by atoms with Crippen LogP contribution >= 0.6 is 0 Å². The van der Waals surface area contributed by atoms with Crippen molar-refractivity contribution >= 4 is 23.3 Å². The number of non-ortho nitro benzene ring substituents is 1. The Morgan fingerprint density at radius 2 is 1.89 bits per heavy atom. The first kappa shape index (κ1) is 19.3. The highest BCUT2D eigenvalue weighted by atomic mass is 16.6. The second-order valence-corrected chi connectivity index (χ2v) is 6.52. The molecule has 0 fully saturated rings. The highest BCUT2D eigenvalue weighted by molar-refractivity contribution is 5.98. The van der Waals surface area contributed by atoms with E-state index in [-0.39, 0.29) is 17.1 Å². The molecule has 0 aliphatic heterocycles. The molecule has 1 amide bonds. The first-order valence-corrected chi connectivity index (χ1v) is 8.85. The molecule has 8 heteroatoms. The second-order valence-electron chi connectivity index (χ2n) is 6.52. The summed E-state index contributed by atoms with van der Waals surface area (Å²) >= 11 is 0. The van der Waals surface area contributed by atoms with Crippen molar-refractivity contribution < 1.29 is 24.0 Å². The molecule has 0 bridgehead atoms. The molecule has 0 aromatic heterocycles. The zero-order valence-corrected chi connectivity index (χ0v) is 15.6. The van der Waals surface area contributed by atoms with Crippen molar-refractivity contribution in [1.82, 2.24) is 0 Å². The molecular formula is C20H20N2O6. The predicted molar refractivity (Wildman–Crippen MR) is 102 cm³/mol. The summed E-state index contributed by atoms with van der Waals surface area (Å²) in [7, 11) is 1.38. The van der Waals surface area contributed by atoms with E-state index in [2.05, 4.69) is 5.32 Å². The molecule has 0 saturated carbocycles. The van der Waals surface area contributed by atoms with Crippen LogP contribution in [0.25, 0.3) is 0 Å². The highest BCUT2D eigenvalue weighted by Gasteiger charge is 2.22. The number of rotatable bonds is 6. The standard InChI is InChI=1S/C20H20N2O6/c1-12(28-20(24)15-7-6-13-4-3-5-14(13)10-15)19(23)21-17-11-16(22(25)26)8-9-18(17)27-2/h6-12H,3-5H2,1-2H3,(H,21,23)/t12-/m1/s1. The van der Waals surface area contributed by atoms with Crippen molar-refractivity contribution in [2.45, 2.75) is 32.3 Å². The zero-order chi connectivity index (χ0) is 20.3. The number of carbonyl (C=O) groups excluding carboxylic acids is 2. The Balaban J connectivity index is 1.68. The minimum absolute atomic E-state index is 0.127. The fraction of sp³-hybridized carbons (Fsp3) is 0.300. The average Bonchev–Trinajstić information content (AvgIpc) is 3.15. The van der Waals surface area contributed by atoms with Crippen LogP contribution in [0, 0.1) is 10.1 Å². The van der Waals surface area contributed by atoms with Crippen LogP contribution in [-0.2, 0) is 22.4 Å². The van der Waals surface area contributed by atoms with E-state index < -0.39 is 22.9 Å². The largest absolute Gasteiger partial charge is 0.495 e. The van der Waals surface area contributed by atoms with E-state index in [0.717, 1.165) is 24.8 Å². The fourth-order valence-corrected chi connectivity index (χ4v) is 3.12. The maximum absolute atomic E-state index is 12.4. The van der Waals surface area contributed by atoms with Crippen LogP contribution in [0.5, 0.6) is 5.75 Å². The van der Waals surface area contributed by atoms with Gasteiger partial charge in [0.05, 0.1) is 23.3 Å². The van der Waals surface area contributed by atoms with Crippen LogP contribution in [-0.4, -0.2) is 30.0 Å². The van der Waals surface area contributed by atoms with E-state index in [9.17, 15) is 19.7 Å². The Morgan fingerprint density at radius 3 is 2.61 bits per heavy atom. The van der Waals surface area contributed by atoms with Crippen LogP contribution in [0.3, 0.4) is 0 Å². The van der Waals surface area contributed by atoms with E-state index in [1.165, 1.54) is 37.8 Å². The van der Waals surface area contributed by atoms with Crippen LogP contribution in [0.2, 0.25) is 0 Å². The van der Waals surface area contributed by atoms with E-state index >= 15 is 0 Å². The summed E-state index contributed by atoms with van der Waals surface area (Å²) < 4.78 is 10.4. The second kappa shape index (κ2) is 8.08. The predicted octanol–water partition coefficient (Wildman–Crippen LogP) is 3.28. The fourth-order valence-electron chi connectivity index (χ4n) is 3.12. The van der Waals surface area contributed by atoms with Crippen LogP contribution < -0.4 is 10.1 Å². The average molecular weight is 384 g/mol. The number of nitrogens with zero attached hydrogens (tertiary/aromatic N) is 1. The number of carbonyl (C=O) groups is 2. The van der Waals surface area contributed by atoms with Gasteiger partial charge in [0.25, 0.3) is 11.6 Å². The van der Waals surface area contributed by atoms with Gasteiger partial charge in [-0.2, -0.15) is 0 Å². The van der Waals surface area contributed by atoms with Gasteiger partial charge in [0.15, 0.2) is 6.10 Å². The summed E-state index contributed by atoms with van der Waals surface area (Å²) in [4.78, 5) is 35.1. The zero-order valence-electron chi connectivity index (χ0n) is 15.6. The molecule has 146 valence electrons. The van der Waals surface area contributed by atoms with Crippen molar-refractivity contribution in [3.63, 3.8) is 0 Å². The number of nitro groups is 1. The number of esters is 1. The monoisotopic (exact) mass is 384 g/mol. The number of nitrogens with one attached hydrogen (secondary N) is 1. The van der Waals surface area contributed by atoms with E-state index in [1.54, 1.807) is 12.1 Å². The molecule has 0 radical (unpaired) electrons. The molecule has 1 aliphatic carbocycles. The summed E-state index contributed by atoms with van der Waals surface area (Å²) in [6, 6.07) is 9.25. The van der Waals surface area contributed by atoms with E-state index in [1.807, 2.05) is 6.07 Å². The van der Waals surface area contributed by atoms with Crippen molar-refractivity contribution in [2.24, 2.45) is 0 Å². The molecule has 0 heterocycles. The van der Waals surface area contributed by atoms with E-state index in [0.29, 0.717) is 5.56 Å². The molecule has 28 heavy (non-hydrogen) atoms. The van der Waals surface area contributed by atoms with Crippen molar-refractivity contribution in [1.29, 1.82) is 0 Å². The summed E-state index contributed by atoms with van der Waals surface area (Å²) in [6.07, 6.45) is 1.91. The van der Waals surface area contributed by atoms with Crippen molar-refractivity contribution in [2.75, 3.05) is 12.4 Å². The number of hydrogen-bond acceptors (Lipinski definition) is 6. The molecule has 8 nitrogen and oxygen atoms in total. The quantitative estimate of drug-likeness (QED) is 0.465. The Morgan fingerprint density at radius 1 is 1.14 bits per heavy atom. The number of amides is 1. The highest BCUT2D eigenvalue weighted by Crippen LogP contribution is 2.29. The van der Waals surface area contributed by atoms with Gasteiger partial charge in [-0.15, -0.1) is 0 Å². The van der Waals surface area contributed by atoms with Gasteiger partial charge in [-0.05, 0) is 55.5 Å². The number of benzene rings is 2. The summed E-state index contributed by atoms with van der Waals surface area (Å²) in [5, 5.41) is 13.4. The topological polar surface area (TPSA) is 108 Å². The van der Waals surface area contributed by atoms with Gasteiger partial charge in [-0.3, -0.25) is 14.9 Å². The molecule has 1 aliphatic rings. The SMILES string of the molecule is COc1ccc([N+](=O)[O-])cc1NC(=O)[C@@H](C)OC(=O)c1ccc2c(c1)CCC2. The Labute approximate surface area is 161 Å². The molecule has 1 N–H and O–H groups in total. The summed E-state index contributed by atoms with van der Waals surface area (Å²) in [6.45, 7) is 1.43. The van der Waals surface area contributed by atoms with Gasteiger partial charge in [0.2, 0.25) is 0 Å². The van der Waals surface area contributed by atoms with Crippen molar-refractivity contribution in [3.8, 4) is 5.75 Å².